The second-order valence-electron chi connectivity index (χ2n) is 4.98. The molecule has 0 fully saturated rings. The number of thiazole rings is 1. The molecule has 0 unspecified atom stereocenters. The van der Waals surface area contributed by atoms with Crippen LogP contribution in [0.3, 0.4) is 0 Å². The highest BCUT2D eigenvalue weighted by atomic mass is 32.1. The third kappa shape index (κ3) is 2.45. The first-order chi connectivity index (χ1) is 10.2. The molecule has 0 bridgehead atoms. The zero-order valence-electron chi connectivity index (χ0n) is 12.5. The van der Waals surface area contributed by atoms with Crippen LogP contribution in [-0.4, -0.2) is 7.11 Å². The van der Waals surface area contributed by atoms with Gasteiger partial charge in [0.2, 0.25) is 5.69 Å². The Kier molecular flexibility index (Phi) is 3.76. The van der Waals surface area contributed by atoms with E-state index in [1.807, 2.05) is 18.2 Å². The minimum absolute atomic E-state index is 0.931. The normalized spacial score (nSPS) is 10.6. The molecule has 0 aliphatic heterocycles. The number of ether oxygens (including phenoxy) is 1. The van der Waals surface area contributed by atoms with Gasteiger partial charge in [0.1, 0.15) is 12.8 Å². The van der Waals surface area contributed by atoms with Crippen molar-refractivity contribution in [3.63, 3.8) is 0 Å². The molecular weight excluding hydrogens is 278 g/mol. The smallest absolute Gasteiger partial charge is 0.269 e. The summed E-state index contributed by atoms with van der Waals surface area (Å²) in [5.41, 5.74) is 4.86. The number of rotatable bonds is 3. The first-order valence-electron chi connectivity index (χ1n) is 6.89. The van der Waals surface area contributed by atoms with E-state index in [9.17, 15) is 0 Å². The van der Waals surface area contributed by atoms with Crippen LogP contribution in [0.25, 0.3) is 21.8 Å². The van der Waals surface area contributed by atoms with Crippen molar-refractivity contribution in [3.8, 4) is 27.6 Å². The first kappa shape index (κ1) is 13.8. The lowest BCUT2D eigenvalue weighted by molar-refractivity contribution is -0.644. The van der Waals surface area contributed by atoms with Crippen molar-refractivity contribution in [2.75, 3.05) is 7.11 Å². The molecule has 1 heterocycles. The van der Waals surface area contributed by atoms with Gasteiger partial charge in [-0.1, -0.05) is 35.6 Å². The molecule has 3 rings (SSSR count). The molecule has 2 nitrogen and oxygen atoms in total. The van der Waals surface area contributed by atoms with Crippen LogP contribution in [0.4, 0.5) is 0 Å². The maximum atomic E-state index is 5.43. The molecule has 2 aromatic carbocycles. The van der Waals surface area contributed by atoms with Crippen LogP contribution in [0.2, 0.25) is 0 Å². The Labute approximate surface area is 129 Å². The zero-order chi connectivity index (χ0) is 14.8. The molecule has 0 spiro atoms. The van der Waals surface area contributed by atoms with Crippen LogP contribution in [0.1, 0.15) is 5.56 Å². The number of nitrogens with zero attached hydrogens (tertiary/aromatic N) is 1. The molecule has 0 aliphatic rings. The molecule has 0 N–H and O–H groups in total. The van der Waals surface area contributed by atoms with Crippen LogP contribution in [0.5, 0.6) is 5.75 Å². The Hall–Kier alpha value is -2.13. The monoisotopic (exact) mass is 296 g/mol. The van der Waals surface area contributed by atoms with Gasteiger partial charge in [-0.15, -0.1) is 0 Å². The fourth-order valence-corrected chi connectivity index (χ4v) is 3.62. The third-order valence-corrected chi connectivity index (χ3v) is 4.82. The van der Waals surface area contributed by atoms with E-state index >= 15 is 0 Å². The summed E-state index contributed by atoms with van der Waals surface area (Å²) in [5, 5.41) is 3.47. The summed E-state index contributed by atoms with van der Waals surface area (Å²) in [4.78, 5) is 0. The summed E-state index contributed by atoms with van der Waals surface area (Å²) in [7, 11) is 3.84. The van der Waals surface area contributed by atoms with E-state index in [0.29, 0.717) is 0 Å². The van der Waals surface area contributed by atoms with E-state index < -0.39 is 0 Å². The van der Waals surface area contributed by atoms with Gasteiger partial charge < -0.3 is 4.74 Å². The number of aromatic nitrogens is 1. The van der Waals surface area contributed by atoms with Crippen molar-refractivity contribution in [3.05, 3.63) is 59.5 Å². The van der Waals surface area contributed by atoms with Crippen molar-refractivity contribution >= 4 is 11.3 Å². The molecule has 106 valence electrons. The number of hydrogen-bond donors (Lipinski definition) is 0. The minimum Gasteiger partial charge on any atom is -0.496 e. The summed E-state index contributed by atoms with van der Waals surface area (Å²) in [6.45, 7) is 2.11. The fraction of sp³-hybridized carbons (Fsp3) is 0.167. The molecule has 0 saturated heterocycles. The van der Waals surface area contributed by atoms with Gasteiger partial charge in [0.25, 0.3) is 5.01 Å². The van der Waals surface area contributed by atoms with Crippen LogP contribution in [0.15, 0.2) is 53.9 Å². The largest absolute Gasteiger partial charge is 0.496 e. The second kappa shape index (κ2) is 5.70. The number of benzene rings is 2. The number of hydrogen-bond acceptors (Lipinski definition) is 2. The minimum atomic E-state index is 0.931. The van der Waals surface area contributed by atoms with Gasteiger partial charge in [-0.2, -0.15) is 4.57 Å². The van der Waals surface area contributed by atoms with Gasteiger partial charge in [0.05, 0.1) is 23.6 Å². The molecule has 1 aromatic heterocycles. The summed E-state index contributed by atoms with van der Waals surface area (Å²) in [6, 6.07) is 16.7. The van der Waals surface area contributed by atoms with Gasteiger partial charge in [-0.25, -0.2) is 0 Å². The molecule has 0 saturated carbocycles. The molecule has 3 aromatic rings. The lowest BCUT2D eigenvalue weighted by Gasteiger charge is -2.07. The Bertz CT molecular complexity index is 762. The Morgan fingerprint density at radius 1 is 1.00 bits per heavy atom. The van der Waals surface area contributed by atoms with Gasteiger partial charge in [0, 0.05) is 5.56 Å². The highest BCUT2D eigenvalue weighted by Crippen LogP contribution is 2.31. The van der Waals surface area contributed by atoms with Crippen molar-refractivity contribution in [2.24, 2.45) is 7.05 Å². The highest BCUT2D eigenvalue weighted by Gasteiger charge is 2.21. The molecule has 21 heavy (non-hydrogen) atoms. The summed E-state index contributed by atoms with van der Waals surface area (Å²) in [5.74, 6) is 0.931. The Morgan fingerprint density at radius 3 is 2.48 bits per heavy atom. The van der Waals surface area contributed by atoms with E-state index in [2.05, 4.69) is 54.3 Å². The average Bonchev–Trinajstić information content (AvgIpc) is 2.90. The van der Waals surface area contributed by atoms with E-state index in [4.69, 9.17) is 4.74 Å². The molecular formula is C18H18NOS+. The topological polar surface area (TPSA) is 13.1 Å². The Balaban J connectivity index is 2.12. The van der Waals surface area contributed by atoms with Crippen molar-refractivity contribution in [2.45, 2.75) is 6.92 Å². The second-order valence-corrected chi connectivity index (χ2v) is 5.84. The van der Waals surface area contributed by atoms with Gasteiger partial charge >= 0.3 is 0 Å². The Morgan fingerprint density at radius 2 is 1.76 bits per heavy atom. The maximum Gasteiger partial charge on any atom is 0.269 e. The van der Waals surface area contributed by atoms with E-state index in [1.54, 1.807) is 18.4 Å². The molecule has 0 radical (unpaired) electrons. The van der Waals surface area contributed by atoms with Gasteiger partial charge in [0.15, 0.2) is 0 Å². The van der Waals surface area contributed by atoms with Gasteiger partial charge in [-0.3, -0.25) is 0 Å². The van der Waals surface area contributed by atoms with Crippen LogP contribution in [-0.2, 0) is 7.05 Å². The van der Waals surface area contributed by atoms with Crippen LogP contribution in [0, 0.1) is 6.92 Å². The number of methoxy groups -OCH3 is 1. The maximum absolute atomic E-state index is 5.43. The lowest BCUT2D eigenvalue weighted by Crippen LogP contribution is -2.30. The van der Waals surface area contributed by atoms with Crippen molar-refractivity contribution in [1.29, 1.82) is 0 Å². The quantitative estimate of drug-likeness (QED) is 0.659. The van der Waals surface area contributed by atoms with E-state index in [0.717, 1.165) is 5.75 Å². The molecule has 0 aliphatic carbocycles. The van der Waals surface area contributed by atoms with E-state index in [-0.39, 0.29) is 0 Å². The van der Waals surface area contributed by atoms with Crippen LogP contribution >= 0.6 is 11.3 Å². The predicted molar refractivity (Wildman–Crippen MR) is 87.7 cm³/mol. The zero-order valence-corrected chi connectivity index (χ0v) is 13.3. The third-order valence-electron chi connectivity index (χ3n) is 3.75. The van der Waals surface area contributed by atoms with Gasteiger partial charge in [-0.05, 0) is 31.2 Å². The first-order valence-corrected chi connectivity index (χ1v) is 7.77. The fourth-order valence-electron chi connectivity index (χ4n) is 2.58. The summed E-state index contributed by atoms with van der Waals surface area (Å²) < 4.78 is 7.68. The highest BCUT2D eigenvalue weighted by molar-refractivity contribution is 7.13. The molecule has 0 amide bonds. The molecule has 3 heteroatoms. The summed E-state index contributed by atoms with van der Waals surface area (Å²) in [6.07, 6.45) is 0. The summed E-state index contributed by atoms with van der Waals surface area (Å²) >= 11 is 1.77. The van der Waals surface area contributed by atoms with Crippen molar-refractivity contribution in [1.82, 2.24) is 0 Å². The van der Waals surface area contributed by atoms with E-state index in [1.165, 1.54) is 27.4 Å². The average molecular weight is 296 g/mol. The molecule has 0 atom stereocenters. The lowest BCUT2D eigenvalue weighted by atomic mass is 10.1. The SMILES string of the molecule is COc1cccc(-c2csc(-c3ccccc3)[n+]2C)c1C. The standard InChI is InChI=1S/C18H18NOS/c1-13-15(10-7-11-17(13)20-3)16-12-21-18(19(16)2)14-8-5-4-6-9-14/h4-12H,1-3H3/q+1. The van der Waals surface area contributed by atoms with Crippen LogP contribution < -0.4 is 9.30 Å². The predicted octanol–water partition coefficient (Wildman–Crippen LogP) is 4.22. The van der Waals surface area contributed by atoms with Crippen molar-refractivity contribution < 1.29 is 9.30 Å².